The predicted molar refractivity (Wildman–Crippen MR) is 72.4 cm³/mol. The quantitative estimate of drug-likeness (QED) is 0.783. The second-order valence-corrected chi connectivity index (χ2v) is 5.32. The Morgan fingerprint density at radius 1 is 1.33 bits per heavy atom. The van der Waals surface area contributed by atoms with Crippen LogP contribution in [0.2, 0.25) is 0 Å². The molecule has 0 aliphatic carbocycles. The Morgan fingerprint density at radius 3 is 2.48 bits per heavy atom. The number of nitrogens with zero attached hydrogens (tertiary/aromatic N) is 1. The van der Waals surface area contributed by atoms with Gasteiger partial charge in [-0.05, 0) is 31.2 Å². The SMILES string of the molecule is CC1CN(C(=O)c2ccc(C(F)(F)F)cc2)CC(CCl)O1. The molecule has 2 atom stereocenters. The van der Waals surface area contributed by atoms with Crippen LogP contribution in [-0.2, 0) is 10.9 Å². The van der Waals surface area contributed by atoms with Crippen molar-refractivity contribution < 1.29 is 22.7 Å². The number of benzene rings is 1. The van der Waals surface area contributed by atoms with Crippen molar-refractivity contribution in [2.75, 3.05) is 19.0 Å². The predicted octanol–water partition coefficient (Wildman–Crippen LogP) is 3.17. The summed E-state index contributed by atoms with van der Waals surface area (Å²) in [5, 5.41) is 0. The van der Waals surface area contributed by atoms with Crippen molar-refractivity contribution in [1.29, 1.82) is 0 Å². The number of alkyl halides is 4. The van der Waals surface area contributed by atoms with Crippen molar-refractivity contribution in [3.63, 3.8) is 0 Å². The Bertz CT molecular complexity index is 504. The van der Waals surface area contributed by atoms with Crippen LogP contribution in [-0.4, -0.2) is 42.0 Å². The van der Waals surface area contributed by atoms with Gasteiger partial charge in [0.2, 0.25) is 0 Å². The Balaban J connectivity index is 2.12. The number of halogens is 4. The molecule has 1 aliphatic heterocycles. The Kier molecular flexibility index (Phi) is 4.78. The zero-order valence-electron chi connectivity index (χ0n) is 11.4. The summed E-state index contributed by atoms with van der Waals surface area (Å²) >= 11 is 5.74. The van der Waals surface area contributed by atoms with Gasteiger partial charge in [-0.15, -0.1) is 11.6 Å². The average Bonchev–Trinajstić information content (AvgIpc) is 2.45. The molecule has 0 bridgehead atoms. The maximum absolute atomic E-state index is 12.5. The van der Waals surface area contributed by atoms with Crippen LogP contribution >= 0.6 is 11.6 Å². The van der Waals surface area contributed by atoms with Crippen molar-refractivity contribution in [2.45, 2.75) is 25.3 Å². The fourth-order valence-corrected chi connectivity index (χ4v) is 2.45. The summed E-state index contributed by atoms with van der Waals surface area (Å²) in [4.78, 5) is 13.9. The maximum atomic E-state index is 12.5. The molecule has 1 fully saturated rings. The van der Waals surface area contributed by atoms with E-state index in [-0.39, 0.29) is 29.6 Å². The third-order valence-corrected chi connectivity index (χ3v) is 3.59. The van der Waals surface area contributed by atoms with Crippen molar-refractivity contribution in [3.8, 4) is 0 Å². The molecule has 1 heterocycles. The Morgan fingerprint density at radius 2 is 1.95 bits per heavy atom. The summed E-state index contributed by atoms with van der Waals surface area (Å²) in [7, 11) is 0. The van der Waals surface area contributed by atoms with E-state index in [9.17, 15) is 18.0 Å². The van der Waals surface area contributed by atoms with Crippen LogP contribution in [0, 0.1) is 0 Å². The van der Waals surface area contributed by atoms with Gasteiger partial charge in [-0.2, -0.15) is 13.2 Å². The van der Waals surface area contributed by atoms with Crippen LogP contribution < -0.4 is 0 Å². The summed E-state index contributed by atoms with van der Waals surface area (Å²) < 4.78 is 43.0. The summed E-state index contributed by atoms with van der Waals surface area (Å²) in [5.74, 6) is -0.0461. The topological polar surface area (TPSA) is 29.5 Å². The van der Waals surface area contributed by atoms with Crippen LogP contribution in [0.3, 0.4) is 0 Å². The molecule has 0 spiro atoms. The standard InChI is InChI=1S/C14H15ClF3NO2/c1-9-7-19(8-12(6-15)21-9)13(20)10-2-4-11(5-3-10)14(16,17)18/h2-5,9,12H,6-8H2,1H3. The molecule has 0 N–H and O–H groups in total. The van der Waals surface area contributed by atoms with Gasteiger partial charge in [0.15, 0.2) is 0 Å². The number of morpholine rings is 1. The first-order chi connectivity index (χ1) is 9.81. The van der Waals surface area contributed by atoms with E-state index in [2.05, 4.69) is 0 Å². The third kappa shape index (κ3) is 3.89. The highest BCUT2D eigenvalue weighted by atomic mass is 35.5. The second-order valence-electron chi connectivity index (χ2n) is 5.01. The van der Waals surface area contributed by atoms with Crippen LogP contribution in [0.15, 0.2) is 24.3 Å². The van der Waals surface area contributed by atoms with Gasteiger partial charge >= 0.3 is 6.18 Å². The molecule has 1 aromatic rings. The zero-order chi connectivity index (χ0) is 15.6. The number of amides is 1. The molecular weight excluding hydrogens is 307 g/mol. The Hall–Kier alpha value is -1.27. The highest BCUT2D eigenvalue weighted by molar-refractivity contribution is 6.18. The van der Waals surface area contributed by atoms with E-state index >= 15 is 0 Å². The lowest BCUT2D eigenvalue weighted by molar-refractivity contribution is -0.137. The molecule has 116 valence electrons. The lowest BCUT2D eigenvalue weighted by atomic mass is 10.1. The van der Waals surface area contributed by atoms with Gasteiger partial charge in [0.1, 0.15) is 0 Å². The van der Waals surface area contributed by atoms with Crippen molar-refractivity contribution in [1.82, 2.24) is 4.90 Å². The minimum atomic E-state index is -4.40. The van der Waals surface area contributed by atoms with E-state index in [0.717, 1.165) is 12.1 Å². The maximum Gasteiger partial charge on any atom is 0.416 e. The lowest BCUT2D eigenvalue weighted by Gasteiger charge is -2.36. The monoisotopic (exact) mass is 321 g/mol. The van der Waals surface area contributed by atoms with E-state index in [1.54, 1.807) is 4.90 Å². The van der Waals surface area contributed by atoms with Crippen LogP contribution in [0.25, 0.3) is 0 Å². The molecule has 1 aliphatic rings. The molecule has 0 saturated carbocycles. The number of carbonyl (C=O) groups is 1. The smallest absolute Gasteiger partial charge is 0.370 e. The van der Waals surface area contributed by atoms with Crippen molar-refractivity contribution in [2.24, 2.45) is 0 Å². The highest BCUT2D eigenvalue weighted by Crippen LogP contribution is 2.29. The van der Waals surface area contributed by atoms with Gasteiger partial charge in [0, 0.05) is 18.7 Å². The normalized spacial score (nSPS) is 23.2. The van der Waals surface area contributed by atoms with E-state index in [1.165, 1.54) is 12.1 Å². The van der Waals surface area contributed by atoms with E-state index in [1.807, 2.05) is 6.92 Å². The molecule has 7 heteroatoms. The van der Waals surface area contributed by atoms with Gasteiger partial charge < -0.3 is 9.64 Å². The first-order valence-corrected chi connectivity index (χ1v) is 7.02. The number of carbonyl (C=O) groups excluding carboxylic acids is 1. The third-order valence-electron chi connectivity index (χ3n) is 3.24. The zero-order valence-corrected chi connectivity index (χ0v) is 12.1. The van der Waals surface area contributed by atoms with Gasteiger partial charge in [-0.25, -0.2) is 0 Å². The summed E-state index contributed by atoms with van der Waals surface area (Å²) in [6, 6.07) is 4.22. The first-order valence-electron chi connectivity index (χ1n) is 6.49. The number of ether oxygens (including phenoxy) is 1. The summed E-state index contributed by atoms with van der Waals surface area (Å²) in [6.45, 7) is 2.56. The minimum Gasteiger partial charge on any atom is -0.370 e. The van der Waals surface area contributed by atoms with Crippen molar-refractivity contribution in [3.05, 3.63) is 35.4 Å². The molecule has 1 amide bonds. The van der Waals surface area contributed by atoms with Crippen molar-refractivity contribution >= 4 is 17.5 Å². The van der Waals surface area contributed by atoms with E-state index < -0.39 is 11.7 Å². The van der Waals surface area contributed by atoms with E-state index in [4.69, 9.17) is 16.3 Å². The molecule has 0 aromatic heterocycles. The molecule has 21 heavy (non-hydrogen) atoms. The summed E-state index contributed by atoms with van der Waals surface area (Å²) in [6.07, 6.45) is -4.81. The number of hydrogen-bond acceptors (Lipinski definition) is 2. The molecule has 0 radical (unpaired) electrons. The van der Waals surface area contributed by atoms with Crippen LogP contribution in [0.4, 0.5) is 13.2 Å². The molecule has 2 rings (SSSR count). The van der Waals surface area contributed by atoms with Crippen LogP contribution in [0.1, 0.15) is 22.8 Å². The highest BCUT2D eigenvalue weighted by Gasteiger charge is 2.31. The Labute approximate surface area is 125 Å². The van der Waals surface area contributed by atoms with Crippen LogP contribution in [0.5, 0.6) is 0 Å². The molecule has 1 saturated heterocycles. The first kappa shape index (κ1) is 16.1. The van der Waals surface area contributed by atoms with Gasteiger partial charge in [0.25, 0.3) is 5.91 Å². The molecular formula is C14H15ClF3NO2. The molecule has 2 unspecified atom stereocenters. The van der Waals surface area contributed by atoms with Gasteiger partial charge in [-0.3, -0.25) is 4.79 Å². The van der Waals surface area contributed by atoms with Gasteiger partial charge in [0.05, 0.1) is 23.7 Å². The largest absolute Gasteiger partial charge is 0.416 e. The fraction of sp³-hybridized carbons (Fsp3) is 0.500. The second kappa shape index (κ2) is 6.23. The molecule has 1 aromatic carbocycles. The van der Waals surface area contributed by atoms with Gasteiger partial charge in [-0.1, -0.05) is 0 Å². The summed E-state index contributed by atoms with van der Waals surface area (Å²) in [5.41, 5.74) is -0.543. The molecule has 3 nitrogen and oxygen atoms in total. The fourth-order valence-electron chi connectivity index (χ4n) is 2.28. The number of rotatable bonds is 2. The average molecular weight is 322 g/mol. The van der Waals surface area contributed by atoms with E-state index in [0.29, 0.717) is 13.1 Å². The minimum absolute atomic E-state index is 0.152. The lowest BCUT2D eigenvalue weighted by Crippen LogP contribution is -2.49. The number of hydrogen-bond donors (Lipinski definition) is 0.